The lowest BCUT2D eigenvalue weighted by Gasteiger charge is -2.25. The van der Waals surface area contributed by atoms with Crippen LogP contribution in [0.3, 0.4) is 0 Å². The molecule has 10 heteroatoms. The van der Waals surface area contributed by atoms with Crippen molar-refractivity contribution in [2.45, 2.75) is 25.8 Å². The maximum atomic E-state index is 12.0. The van der Waals surface area contributed by atoms with Crippen LogP contribution in [0, 0.1) is 0 Å². The predicted molar refractivity (Wildman–Crippen MR) is 68.6 cm³/mol. The molecule has 0 aromatic rings. The molecule has 1 fully saturated rings. The number of nitrogens with zero attached hydrogens (tertiary/aromatic N) is 1. The van der Waals surface area contributed by atoms with Gasteiger partial charge in [0.1, 0.15) is 6.54 Å². The summed E-state index contributed by atoms with van der Waals surface area (Å²) in [5.74, 6) is -1.75. The lowest BCUT2D eigenvalue weighted by Crippen LogP contribution is -2.49. The van der Waals surface area contributed by atoms with Gasteiger partial charge in [-0.3, -0.25) is 4.79 Å². The third-order valence-corrected chi connectivity index (χ3v) is 6.11. The van der Waals surface area contributed by atoms with Crippen LogP contribution in [0.2, 0.25) is 0 Å². The molecule has 0 bridgehead atoms. The van der Waals surface area contributed by atoms with Crippen LogP contribution in [0.15, 0.2) is 0 Å². The monoisotopic (exact) mass is 314 g/mol. The highest BCUT2D eigenvalue weighted by atomic mass is 32.2. The van der Waals surface area contributed by atoms with Gasteiger partial charge in [0.05, 0.1) is 11.5 Å². The second-order valence-corrected chi connectivity index (χ2v) is 8.33. The maximum Gasteiger partial charge on any atom is 0.318 e. The van der Waals surface area contributed by atoms with Crippen molar-refractivity contribution in [3.05, 3.63) is 0 Å². The van der Waals surface area contributed by atoms with Gasteiger partial charge in [-0.25, -0.2) is 13.1 Å². The van der Waals surface area contributed by atoms with E-state index < -0.39 is 38.6 Å². The average molecular weight is 314 g/mol. The summed E-state index contributed by atoms with van der Waals surface area (Å²) in [6.07, 6.45) is 0.686. The Balaban J connectivity index is 2.92. The fourth-order valence-electron chi connectivity index (χ4n) is 1.86. The second kappa shape index (κ2) is 6.16. The van der Waals surface area contributed by atoms with Gasteiger partial charge in [-0.15, -0.1) is 0 Å². The Labute approximate surface area is 112 Å². The molecule has 1 heterocycles. The number of nitrogens with one attached hydrogen (secondary N) is 1. The first-order chi connectivity index (χ1) is 8.68. The lowest BCUT2D eigenvalue weighted by atomic mass is 10.2. The quantitative estimate of drug-likeness (QED) is 0.609. The van der Waals surface area contributed by atoms with Crippen molar-refractivity contribution in [3.63, 3.8) is 0 Å². The van der Waals surface area contributed by atoms with Crippen LogP contribution in [0.5, 0.6) is 0 Å². The van der Waals surface area contributed by atoms with E-state index in [1.165, 1.54) is 0 Å². The summed E-state index contributed by atoms with van der Waals surface area (Å²) in [5, 5.41) is 8.78. The molecule has 0 saturated carbocycles. The molecular weight excluding hydrogens is 296 g/mol. The number of hydrogen-bond acceptors (Lipinski definition) is 5. The van der Waals surface area contributed by atoms with E-state index in [0.29, 0.717) is 6.42 Å². The Morgan fingerprint density at radius 1 is 1.47 bits per heavy atom. The summed E-state index contributed by atoms with van der Waals surface area (Å²) in [7, 11) is -7.26. The fourth-order valence-corrected chi connectivity index (χ4v) is 5.17. The minimum absolute atomic E-state index is 0.114. The van der Waals surface area contributed by atoms with Crippen molar-refractivity contribution in [1.29, 1.82) is 0 Å². The van der Waals surface area contributed by atoms with E-state index in [0.717, 1.165) is 4.31 Å². The number of carboxylic acids is 1. The number of aliphatic carboxylic acids is 1. The average Bonchev–Trinajstić information content (AvgIpc) is 2.63. The zero-order valence-corrected chi connectivity index (χ0v) is 12.2. The molecule has 1 atom stereocenters. The smallest absolute Gasteiger partial charge is 0.318 e. The van der Waals surface area contributed by atoms with E-state index in [2.05, 4.69) is 4.72 Å². The van der Waals surface area contributed by atoms with E-state index in [9.17, 15) is 21.6 Å². The van der Waals surface area contributed by atoms with Gasteiger partial charge in [-0.05, 0) is 12.8 Å². The first kappa shape index (κ1) is 16.3. The number of hydrogen-bond donors (Lipinski definition) is 2. The molecule has 1 aliphatic rings. The molecule has 112 valence electrons. The van der Waals surface area contributed by atoms with Crippen LogP contribution in [-0.2, 0) is 24.8 Å². The van der Waals surface area contributed by atoms with Crippen LogP contribution in [0.25, 0.3) is 0 Å². The molecule has 1 saturated heterocycles. The minimum atomic E-state index is -3.98. The van der Waals surface area contributed by atoms with E-state index >= 15 is 0 Å². The Morgan fingerprint density at radius 2 is 2.11 bits per heavy atom. The normalized spacial score (nSPS) is 22.7. The first-order valence-electron chi connectivity index (χ1n) is 5.86. The Morgan fingerprint density at radius 3 is 2.53 bits per heavy atom. The zero-order chi connectivity index (χ0) is 14.7. The van der Waals surface area contributed by atoms with Crippen LogP contribution < -0.4 is 4.72 Å². The standard InChI is InChI=1S/C9H18N2O6S2/c1-2-4-10-19(16,17)11(6-9(12)13)8-3-5-18(14,15)7-8/h8,10H,2-7H2,1H3,(H,12,13). The Bertz CT molecular complexity index is 527. The van der Waals surface area contributed by atoms with Crippen molar-refractivity contribution in [3.8, 4) is 0 Å². The molecular formula is C9H18N2O6S2. The summed E-state index contributed by atoms with van der Waals surface area (Å²) in [6, 6.07) is -0.810. The van der Waals surface area contributed by atoms with Crippen molar-refractivity contribution in [2.24, 2.45) is 0 Å². The SMILES string of the molecule is CCCNS(=O)(=O)N(CC(=O)O)C1CCS(=O)(=O)C1. The van der Waals surface area contributed by atoms with Crippen LogP contribution in [0.1, 0.15) is 19.8 Å². The van der Waals surface area contributed by atoms with Crippen molar-refractivity contribution in [1.82, 2.24) is 9.03 Å². The topological polar surface area (TPSA) is 121 Å². The van der Waals surface area contributed by atoms with Crippen LogP contribution in [0.4, 0.5) is 0 Å². The third-order valence-electron chi connectivity index (χ3n) is 2.75. The molecule has 0 aliphatic carbocycles. The van der Waals surface area contributed by atoms with E-state index in [1.807, 2.05) is 0 Å². The largest absolute Gasteiger partial charge is 0.480 e. The molecule has 0 spiro atoms. The van der Waals surface area contributed by atoms with Gasteiger partial charge in [0.15, 0.2) is 9.84 Å². The second-order valence-electron chi connectivity index (χ2n) is 4.40. The highest BCUT2D eigenvalue weighted by Gasteiger charge is 2.38. The van der Waals surface area contributed by atoms with Crippen LogP contribution in [-0.4, -0.2) is 62.9 Å². The van der Waals surface area contributed by atoms with Crippen LogP contribution >= 0.6 is 0 Å². The van der Waals surface area contributed by atoms with Gasteiger partial charge < -0.3 is 5.11 Å². The van der Waals surface area contributed by atoms with Gasteiger partial charge in [0.2, 0.25) is 0 Å². The Kier molecular flexibility index (Phi) is 5.30. The molecule has 1 rings (SSSR count). The number of carbonyl (C=O) groups is 1. The third kappa shape index (κ3) is 4.71. The highest BCUT2D eigenvalue weighted by Crippen LogP contribution is 2.19. The molecule has 1 aliphatic heterocycles. The summed E-state index contributed by atoms with van der Waals surface area (Å²) in [4.78, 5) is 10.8. The summed E-state index contributed by atoms with van der Waals surface area (Å²) in [5.41, 5.74) is 0. The lowest BCUT2D eigenvalue weighted by molar-refractivity contribution is -0.137. The van der Waals surface area contributed by atoms with Gasteiger partial charge in [0.25, 0.3) is 10.2 Å². The molecule has 8 nitrogen and oxygen atoms in total. The molecule has 0 aromatic carbocycles. The van der Waals surface area contributed by atoms with Crippen molar-refractivity contribution < 1.29 is 26.7 Å². The number of carboxylic acid groups (broad SMARTS) is 1. The summed E-state index contributed by atoms with van der Waals surface area (Å²) < 4.78 is 49.7. The van der Waals surface area contributed by atoms with Gasteiger partial charge in [-0.2, -0.15) is 12.7 Å². The summed E-state index contributed by atoms with van der Waals surface area (Å²) >= 11 is 0. The maximum absolute atomic E-state index is 12.0. The van der Waals surface area contributed by atoms with Crippen molar-refractivity contribution in [2.75, 3.05) is 24.6 Å². The molecule has 19 heavy (non-hydrogen) atoms. The first-order valence-corrected chi connectivity index (χ1v) is 9.13. The Hall–Kier alpha value is -0.710. The van der Waals surface area contributed by atoms with Crippen molar-refractivity contribution >= 4 is 26.0 Å². The summed E-state index contributed by atoms with van der Waals surface area (Å²) in [6.45, 7) is 1.21. The molecule has 0 radical (unpaired) electrons. The van der Waals surface area contributed by atoms with E-state index in [4.69, 9.17) is 5.11 Å². The highest BCUT2D eigenvalue weighted by molar-refractivity contribution is 7.91. The van der Waals surface area contributed by atoms with E-state index in [-0.39, 0.29) is 24.5 Å². The fraction of sp³-hybridized carbons (Fsp3) is 0.889. The number of sulfone groups is 1. The molecule has 0 amide bonds. The molecule has 2 N–H and O–H groups in total. The van der Waals surface area contributed by atoms with Gasteiger partial charge in [0, 0.05) is 12.6 Å². The van der Waals surface area contributed by atoms with Gasteiger partial charge in [-0.1, -0.05) is 6.92 Å². The molecule has 0 aromatic heterocycles. The zero-order valence-electron chi connectivity index (χ0n) is 10.6. The van der Waals surface area contributed by atoms with Gasteiger partial charge >= 0.3 is 5.97 Å². The minimum Gasteiger partial charge on any atom is -0.480 e. The van der Waals surface area contributed by atoms with E-state index in [1.54, 1.807) is 6.92 Å². The molecule has 1 unspecified atom stereocenters. The number of rotatable bonds is 7. The predicted octanol–water partition coefficient (Wildman–Crippen LogP) is -1.20.